The van der Waals surface area contributed by atoms with Crippen molar-refractivity contribution in [2.24, 2.45) is 5.92 Å². The van der Waals surface area contributed by atoms with Crippen molar-refractivity contribution >= 4 is 23.7 Å². The van der Waals surface area contributed by atoms with Gasteiger partial charge in [-0.25, -0.2) is 9.50 Å². The first-order valence-electron chi connectivity index (χ1n) is 12.1. The van der Waals surface area contributed by atoms with E-state index in [4.69, 9.17) is 10.7 Å². The number of nitrogens with zero attached hydrogens (tertiary/aromatic N) is 4. The number of hydrogen-bond acceptors (Lipinski definition) is 6. The Morgan fingerprint density at radius 2 is 2.09 bits per heavy atom. The number of amides is 1. The zero-order valence-electron chi connectivity index (χ0n) is 20.0. The molecule has 5 rings (SSSR count). The van der Waals surface area contributed by atoms with Gasteiger partial charge in [0.2, 0.25) is 0 Å². The van der Waals surface area contributed by atoms with Crippen LogP contribution in [0.2, 0.25) is 0 Å². The van der Waals surface area contributed by atoms with Gasteiger partial charge in [0.1, 0.15) is 5.56 Å². The van der Waals surface area contributed by atoms with Gasteiger partial charge in [0.15, 0.2) is 17.8 Å². The molecule has 0 saturated heterocycles. The highest BCUT2D eigenvalue weighted by Crippen LogP contribution is 2.35. The van der Waals surface area contributed by atoms with Gasteiger partial charge in [-0.2, -0.15) is 0 Å². The molecule has 2 saturated carbocycles. The number of fused-ring (bicyclic) bond motifs is 1. The quantitative estimate of drug-likeness (QED) is 0.498. The predicted octanol–water partition coefficient (Wildman–Crippen LogP) is 3.61. The molecule has 1 amide bonds. The van der Waals surface area contributed by atoms with Gasteiger partial charge in [-0.3, -0.25) is 14.5 Å². The molecule has 3 aromatic rings. The summed E-state index contributed by atoms with van der Waals surface area (Å²) in [6.07, 6.45) is 8.38. The Hall–Kier alpha value is -3.26. The molecule has 0 spiro atoms. The number of rotatable bonds is 8. The molecular weight excluding hydrogens is 428 g/mol. The minimum Gasteiger partial charge on any atom is -0.381 e. The molecule has 8 heteroatoms. The monoisotopic (exact) mass is 460 g/mol. The van der Waals surface area contributed by atoms with Gasteiger partial charge < -0.3 is 11.1 Å². The van der Waals surface area contributed by atoms with Crippen LogP contribution >= 0.6 is 0 Å². The summed E-state index contributed by atoms with van der Waals surface area (Å²) in [7, 11) is 2.12. The standard InChI is InChI=1S/C26H32N6O2/c1-15-11-18(12-19(21(15)14-33)13-31(3)16(2)17-7-8-17)22-9-10-32-25(29-22)23(24(27)30-32)26(34)28-20-5-4-6-20/h9-12,14,16-17,20H,4-8,13H2,1-3H3,(H2,27,30)(H,28,34). The Morgan fingerprint density at radius 3 is 2.74 bits per heavy atom. The van der Waals surface area contributed by atoms with E-state index in [1.807, 2.05) is 25.1 Å². The number of aromatic nitrogens is 3. The topological polar surface area (TPSA) is 106 Å². The average molecular weight is 461 g/mol. The van der Waals surface area contributed by atoms with E-state index in [2.05, 4.69) is 29.3 Å². The summed E-state index contributed by atoms with van der Waals surface area (Å²) in [6, 6.07) is 6.55. The molecule has 1 unspecified atom stereocenters. The second-order valence-corrected chi connectivity index (χ2v) is 9.92. The van der Waals surface area contributed by atoms with Crippen LogP contribution < -0.4 is 11.1 Å². The Labute approximate surface area is 199 Å². The van der Waals surface area contributed by atoms with Gasteiger partial charge in [0, 0.05) is 36.0 Å². The molecule has 178 valence electrons. The van der Waals surface area contributed by atoms with Crippen LogP contribution in [0.3, 0.4) is 0 Å². The molecule has 8 nitrogen and oxygen atoms in total. The van der Waals surface area contributed by atoms with Crippen LogP contribution in [0.4, 0.5) is 5.82 Å². The number of nitrogens with one attached hydrogen (secondary N) is 1. The fraction of sp³-hybridized carbons (Fsp3) is 0.462. The van der Waals surface area contributed by atoms with E-state index in [1.165, 1.54) is 12.8 Å². The predicted molar refractivity (Wildman–Crippen MR) is 132 cm³/mol. The van der Waals surface area contributed by atoms with Crippen LogP contribution in [0.5, 0.6) is 0 Å². The Balaban J connectivity index is 1.51. The summed E-state index contributed by atoms with van der Waals surface area (Å²) >= 11 is 0. The van der Waals surface area contributed by atoms with Crippen LogP contribution in [0.15, 0.2) is 24.4 Å². The van der Waals surface area contributed by atoms with E-state index in [0.29, 0.717) is 29.5 Å². The van der Waals surface area contributed by atoms with Crippen molar-refractivity contribution in [2.45, 2.75) is 64.6 Å². The van der Waals surface area contributed by atoms with Gasteiger partial charge in [0.05, 0.1) is 5.69 Å². The van der Waals surface area contributed by atoms with Gasteiger partial charge in [-0.05, 0) is 88.2 Å². The first-order valence-corrected chi connectivity index (χ1v) is 12.1. The average Bonchev–Trinajstić information content (AvgIpc) is 3.57. The summed E-state index contributed by atoms with van der Waals surface area (Å²) in [5.74, 6) is 0.686. The summed E-state index contributed by atoms with van der Waals surface area (Å²) in [6.45, 7) is 4.90. The number of aryl methyl sites for hydroxylation is 1. The number of hydrogen-bond donors (Lipinski definition) is 2. The smallest absolute Gasteiger partial charge is 0.259 e. The van der Waals surface area contributed by atoms with Crippen LogP contribution in [-0.4, -0.2) is 50.8 Å². The SMILES string of the molecule is Cc1cc(-c2ccn3nc(N)c(C(=O)NC4CCC4)c3n2)cc(CN(C)C(C)C2CC2)c1C=O. The molecule has 1 aromatic carbocycles. The first kappa shape index (κ1) is 22.5. The fourth-order valence-electron chi connectivity index (χ4n) is 4.80. The number of aldehydes is 1. The lowest BCUT2D eigenvalue weighted by molar-refractivity contribution is 0.0919. The first-order chi connectivity index (χ1) is 16.4. The fourth-order valence-corrected chi connectivity index (χ4v) is 4.80. The second-order valence-electron chi connectivity index (χ2n) is 9.92. The molecule has 2 heterocycles. The molecule has 0 radical (unpaired) electrons. The van der Waals surface area contributed by atoms with Gasteiger partial charge in [-0.15, -0.1) is 5.10 Å². The lowest BCUT2D eigenvalue weighted by atomic mass is 9.93. The van der Waals surface area contributed by atoms with Crippen LogP contribution in [0.1, 0.15) is 70.9 Å². The third kappa shape index (κ3) is 4.18. The van der Waals surface area contributed by atoms with Crippen LogP contribution in [0.25, 0.3) is 16.9 Å². The highest BCUT2D eigenvalue weighted by molar-refractivity contribution is 6.04. The third-order valence-corrected chi connectivity index (χ3v) is 7.49. The minimum absolute atomic E-state index is 0.172. The second kappa shape index (κ2) is 8.83. The zero-order valence-corrected chi connectivity index (χ0v) is 20.0. The summed E-state index contributed by atoms with van der Waals surface area (Å²) in [5, 5.41) is 7.32. The molecule has 2 aliphatic rings. The van der Waals surface area contributed by atoms with Gasteiger partial charge >= 0.3 is 0 Å². The number of nitrogens with two attached hydrogens (primary N) is 1. The van der Waals surface area contributed by atoms with Gasteiger partial charge in [-0.1, -0.05) is 0 Å². The molecular formula is C26H32N6O2. The number of anilines is 1. The molecule has 1 atom stereocenters. The van der Waals surface area contributed by atoms with Crippen molar-refractivity contribution in [3.63, 3.8) is 0 Å². The van der Waals surface area contributed by atoms with Crippen molar-refractivity contribution in [2.75, 3.05) is 12.8 Å². The van der Waals surface area contributed by atoms with E-state index >= 15 is 0 Å². The van der Waals surface area contributed by atoms with Gasteiger partial charge in [0.25, 0.3) is 5.91 Å². The Morgan fingerprint density at radius 1 is 1.32 bits per heavy atom. The maximum Gasteiger partial charge on any atom is 0.259 e. The molecule has 34 heavy (non-hydrogen) atoms. The van der Waals surface area contributed by atoms with E-state index in [-0.39, 0.29) is 17.8 Å². The third-order valence-electron chi connectivity index (χ3n) is 7.49. The number of carbonyl (C=O) groups excluding carboxylic acids is 2. The molecule has 2 aliphatic carbocycles. The summed E-state index contributed by atoms with van der Waals surface area (Å²) < 4.78 is 1.55. The highest BCUT2D eigenvalue weighted by atomic mass is 16.1. The van der Waals surface area contributed by atoms with Crippen molar-refractivity contribution in [1.82, 2.24) is 24.8 Å². The maximum atomic E-state index is 12.9. The van der Waals surface area contributed by atoms with Crippen molar-refractivity contribution in [3.8, 4) is 11.3 Å². The zero-order chi connectivity index (χ0) is 24.0. The molecule has 2 aromatic heterocycles. The highest BCUT2D eigenvalue weighted by Gasteiger charge is 2.31. The molecule has 0 bridgehead atoms. The van der Waals surface area contributed by atoms with E-state index in [9.17, 15) is 9.59 Å². The van der Waals surface area contributed by atoms with E-state index in [0.717, 1.165) is 53.7 Å². The normalized spacial score (nSPS) is 17.1. The van der Waals surface area contributed by atoms with Crippen molar-refractivity contribution < 1.29 is 9.59 Å². The van der Waals surface area contributed by atoms with Crippen molar-refractivity contribution in [1.29, 1.82) is 0 Å². The lowest BCUT2D eigenvalue weighted by Gasteiger charge is -2.26. The minimum atomic E-state index is -0.231. The van der Waals surface area contributed by atoms with Crippen LogP contribution in [-0.2, 0) is 6.54 Å². The molecule has 3 N–H and O–H groups in total. The summed E-state index contributed by atoms with van der Waals surface area (Å²) in [5.41, 5.74) is 11.1. The van der Waals surface area contributed by atoms with Crippen molar-refractivity contribution in [3.05, 3.63) is 46.6 Å². The van der Waals surface area contributed by atoms with Crippen LogP contribution in [0, 0.1) is 12.8 Å². The lowest BCUT2D eigenvalue weighted by Crippen LogP contribution is -2.39. The molecule has 2 fully saturated rings. The number of nitrogen functional groups attached to an aromatic ring is 1. The van der Waals surface area contributed by atoms with E-state index < -0.39 is 0 Å². The Kier molecular flexibility index (Phi) is 5.85. The van der Waals surface area contributed by atoms with E-state index in [1.54, 1.807) is 10.7 Å². The largest absolute Gasteiger partial charge is 0.381 e. The maximum absolute atomic E-state index is 12.9. The Bertz CT molecular complexity index is 1260. The number of carbonyl (C=O) groups is 2. The number of benzene rings is 1. The molecule has 0 aliphatic heterocycles. The summed E-state index contributed by atoms with van der Waals surface area (Å²) in [4.78, 5) is 31.9.